The van der Waals surface area contributed by atoms with Gasteiger partial charge in [0.2, 0.25) is 0 Å². The van der Waals surface area contributed by atoms with E-state index >= 15 is 0 Å². The van der Waals surface area contributed by atoms with Crippen LogP contribution >= 0.6 is 11.6 Å². The van der Waals surface area contributed by atoms with Crippen LogP contribution in [0.1, 0.15) is 5.56 Å². The second kappa shape index (κ2) is 5.38. The topological polar surface area (TPSA) is 93.8 Å². The number of amides is 2. The van der Waals surface area contributed by atoms with E-state index in [1.54, 1.807) is 18.2 Å². The predicted molar refractivity (Wildman–Crippen MR) is 70.2 cm³/mol. The first-order chi connectivity index (χ1) is 8.97. The van der Waals surface area contributed by atoms with Gasteiger partial charge in [0.05, 0.1) is 0 Å². The number of carbonyl (C=O) groups excluding carboxylic acids is 2. The molecule has 100 valence electrons. The summed E-state index contributed by atoms with van der Waals surface area (Å²) >= 11 is 5.89. The average molecular weight is 282 g/mol. The van der Waals surface area contributed by atoms with Gasteiger partial charge in [-0.05, 0) is 30.7 Å². The summed E-state index contributed by atoms with van der Waals surface area (Å²) in [6.07, 6.45) is 0. The minimum Gasteiger partial charge on any atom is -0.486 e. The third kappa shape index (κ3) is 3.10. The third-order valence-corrected chi connectivity index (χ3v) is 2.99. The van der Waals surface area contributed by atoms with E-state index < -0.39 is 17.9 Å². The zero-order chi connectivity index (χ0) is 14.0. The van der Waals surface area contributed by atoms with E-state index in [4.69, 9.17) is 22.1 Å². The largest absolute Gasteiger partial charge is 0.486 e. The van der Waals surface area contributed by atoms with Crippen LogP contribution in [0.5, 0.6) is 5.75 Å². The fourth-order valence-corrected chi connectivity index (χ4v) is 1.61. The minimum absolute atomic E-state index is 0.0225. The summed E-state index contributed by atoms with van der Waals surface area (Å²) in [4.78, 5) is 26.2. The Morgan fingerprint density at radius 2 is 2.21 bits per heavy atom. The molecule has 19 heavy (non-hydrogen) atoms. The summed E-state index contributed by atoms with van der Waals surface area (Å²) in [7, 11) is 0. The molecular formula is C12H12ClN3O3. The number of aryl methyl sites for hydroxylation is 1. The first-order valence-corrected chi connectivity index (χ1v) is 5.92. The molecule has 1 aromatic rings. The van der Waals surface area contributed by atoms with Crippen molar-refractivity contribution >= 4 is 29.3 Å². The zero-order valence-corrected chi connectivity index (χ0v) is 10.9. The van der Waals surface area contributed by atoms with Gasteiger partial charge in [-0.2, -0.15) is 4.99 Å². The number of nitrogens with two attached hydrogens (primary N) is 1. The SMILES string of the molecule is Cc1cc(OCC2=NC(=O)C(N)C(=O)N2)ccc1Cl. The van der Waals surface area contributed by atoms with Crippen molar-refractivity contribution in [2.45, 2.75) is 13.0 Å². The summed E-state index contributed by atoms with van der Waals surface area (Å²) in [5.74, 6) is -0.536. The number of ether oxygens (including phenoxy) is 1. The highest BCUT2D eigenvalue weighted by Gasteiger charge is 2.28. The smallest absolute Gasteiger partial charge is 0.274 e. The molecule has 3 N–H and O–H groups in total. The number of amidine groups is 1. The maximum Gasteiger partial charge on any atom is 0.274 e. The number of halogens is 1. The third-order valence-electron chi connectivity index (χ3n) is 2.57. The molecule has 6 nitrogen and oxygen atoms in total. The van der Waals surface area contributed by atoms with E-state index in [2.05, 4.69) is 10.3 Å². The van der Waals surface area contributed by atoms with Crippen molar-refractivity contribution in [3.8, 4) is 5.75 Å². The van der Waals surface area contributed by atoms with Crippen LogP contribution in [0.15, 0.2) is 23.2 Å². The highest BCUT2D eigenvalue weighted by Crippen LogP contribution is 2.20. The van der Waals surface area contributed by atoms with E-state index in [0.29, 0.717) is 10.8 Å². The summed E-state index contributed by atoms with van der Waals surface area (Å²) in [6.45, 7) is 1.82. The molecular weight excluding hydrogens is 270 g/mol. The van der Waals surface area contributed by atoms with Gasteiger partial charge in [-0.15, -0.1) is 0 Å². The number of nitrogens with one attached hydrogen (secondary N) is 1. The van der Waals surface area contributed by atoms with Crippen molar-refractivity contribution in [3.05, 3.63) is 28.8 Å². The molecule has 1 unspecified atom stereocenters. The average Bonchev–Trinajstić information content (AvgIpc) is 2.37. The van der Waals surface area contributed by atoms with Crippen LogP contribution in [0, 0.1) is 6.92 Å². The molecule has 1 heterocycles. The van der Waals surface area contributed by atoms with Crippen molar-refractivity contribution in [3.63, 3.8) is 0 Å². The molecule has 0 saturated carbocycles. The van der Waals surface area contributed by atoms with Crippen molar-refractivity contribution in [2.75, 3.05) is 6.61 Å². The van der Waals surface area contributed by atoms with Gasteiger partial charge in [0, 0.05) is 5.02 Å². The van der Waals surface area contributed by atoms with Crippen molar-refractivity contribution in [1.82, 2.24) is 5.32 Å². The first kappa shape index (κ1) is 13.5. The Kier molecular flexibility index (Phi) is 3.82. The van der Waals surface area contributed by atoms with E-state index in [9.17, 15) is 9.59 Å². The highest BCUT2D eigenvalue weighted by atomic mass is 35.5. The van der Waals surface area contributed by atoms with Gasteiger partial charge in [-0.25, -0.2) is 0 Å². The summed E-state index contributed by atoms with van der Waals surface area (Å²) in [5.41, 5.74) is 6.17. The second-order valence-electron chi connectivity index (χ2n) is 4.06. The molecule has 0 fully saturated rings. The van der Waals surface area contributed by atoms with Crippen LogP contribution < -0.4 is 15.8 Å². The van der Waals surface area contributed by atoms with Gasteiger partial charge in [0.1, 0.15) is 12.4 Å². The Morgan fingerprint density at radius 3 is 2.84 bits per heavy atom. The lowest BCUT2D eigenvalue weighted by atomic mass is 10.2. The standard InChI is InChI=1S/C12H12ClN3O3/c1-6-4-7(2-3-8(6)13)19-5-9-15-11(17)10(14)12(18)16-9/h2-4,10H,5,14H2,1H3,(H,15,16,17,18). The number of rotatable bonds is 3. The monoisotopic (exact) mass is 281 g/mol. The molecule has 0 saturated heterocycles. The number of aliphatic imine (C=N–C) groups is 1. The molecule has 2 rings (SSSR count). The normalized spacial score (nSPS) is 18.9. The molecule has 0 radical (unpaired) electrons. The number of hydrogen-bond acceptors (Lipinski definition) is 4. The fraction of sp³-hybridized carbons (Fsp3) is 0.250. The molecule has 1 aliphatic rings. The molecule has 0 spiro atoms. The van der Waals surface area contributed by atoms with E-state index in [1.807, 2.05) is 6.92 Å². The van der Waals surface area contributed by atoms with Crippen LogP contribution in [0.25, 0.3) is 0 Å². The van der Waals surface area contributed by atoms with Crippen LogP contribution in [-0.4, -0.2) is 30.3 Å². The molecule has 0 bridgehead atoms. The molecule has 2 amide bonds. The van der Waals surface area contributed by atoms with Crippen molar-refractivity contribution in [2.24, 2.45) is 10.7 Å². The summed E-state index contributed by atoms with van der Waals surface area (Å²) < 4.78 is 5.42. The quantitative estimate of drug-likeness (QED) is 0.785. The number of carbonyl (C=O) groups is 2. The number of nitrogens with zero attached hydrogens (tertiary/aromatic N) is 1. The zero-order valence-electron chi connectivity index (χ0n) is 10.1. The van der Waals surface area contributed by atoms with Gasteiger partial charge >= 0.3 is 0 Å². The minimum atomic E-state index is -1.23. The molecule has 0 aromatic heterocycles. The maximum absolute atomic E-state index is 11.3. The number of benzene rings is 1. The molecule has 1 atom stereocenters. The van der Waals surface area contributed by atoms with Crippen LogP contribution in [-0.2, 0) is 9.59 Å². The molecule has 1 aromatic carbocycles. The summed E-state index contributed by atoms with van der Waals surface area (Å²) in [6, 6.07) is 3.91. The van der Waals surface area contributed by atoms with Gasteiger partial charge in [-0.3, -0.25) is 9.59 Å². The van der Waals surface area contributed by atoms with E-state index in [0.717, 1.165) is 5.56 Å². The van der Waals surface area contributed by atoms with E-state index in [1.165, 1.54) is 0 Å². The fourth-order valence-electron chi connectivity index (χ4n) is 1.49. The molecule has 1 aliphatic heterocycles. The van der Waals surface area contributed by atoms with Gasteiger partial charge in [0.15, 0.2) is 11.9 Å². The van der Waals surface area contributed by atoms with E-state index in [-0.39, 0.29) is 12.4 Å². The molecule has 0 aliphatic carbocycles. The Labute approximate surface area is 114 Å². The van der Waals surface area contributed by atoms with Gasteiger partial charge < -0.3 is 15.8 Å². The lowest BCUT2D eigenvalue weighted by Crippen LogP contribution is -2.53. The lowest BCUT2D eigenvalue weighted by molar-refractivity contribution is -0.129. The maximum atomic E-state index is 11.3. The Bertz CT molecular complexity index is 571. The predicted octanol–water partition coefficient (Wildman–Crippen LogP) is 0.409. The van der Waals surface area contributed by atoms with Gasteiger partial charge in [-0.1, -0.05) is 11.6 Å². The highest BCUT2D eigenvalue weighted by molar-refractivity contribution is 6.31. The second-order valence-corrected chi connectivity index (χ2v) is 4.47. The van der Waals surface area contributed by atoms with Crippen molar-refractivity contribution < 1.29 is 14.3 Å². The van der Waals surface area contributed by atoms with Crippen LogP contribution in [0.3, 0.4) is 0 Å². The summed E-state index contributed by atoms with van der Waals surface area (Å²) in [5, 5.41) is 3.04. The molecule has 7 heteroatoms. The Balaban J connectivity index is 2.03. The lowest BCUT2D eigenvalue weighted by Gasteiger charge is -2.17. The van der Waals surface area contributed by atoms with Crippen LogP contribution in [0.4, 0.5) is 0 Å². The first-order valence-electron chi connectivity index (χ1n) is 5.54. The number of hydrogen-bond donors (Lipinski definition) is 2. The van der Waals surface area contributed by atoms with Crippen LogP contribution in [0.2, 0.25) is 5.02 Å². The van der Waals surface area contributed by atoms with Gasteiger partial charge in [0.25, 0.3) is 11.8 Å². The Hall–Kier alpha value is -1.92. The van der Waals surface area contributed by atoms with Crippen molar-refractivity contribution in [1.29, 1.82) is 0 Å². The Morgan fingerprint density at radius 1 is 1.47 bits per heavy atom.